The predicted molar refractivity (Wildman–Crippen MR) is 106 cm³/mol. The molecule has 4 nitrogen and oxygen atoms in total. The third-order valence-corrected chi connectivity index (χ3v) is 3.48. The lowest BCUT2D eigenvalue weighted by Crippen LogP contribution is -2.05. The van der Waals surface area contributed by atoms with E-state index in [0.29, 0.717) is 11.3 Å². The number of aromatic amines is 1. The molecule has 0 amide bonds. The first-order valence-corrected chi connectivity index (χ1v) is 8.91. The van der Waals surface area contributed by atoms with E-state index in [0.717, 1.165) is 28.5 Å². The van der Waals surface area contributed by atoms with E-state index in [9.17, 15) is 9.59 Å². The lowest BCUT2D eigenvalue weighted by Gasteiger charge is -2.09. The van der Waals surface area contributed by atoms with Crippen LogP contribution in [0.2, 0.25) is 0 Å². The Kier molecular flexibility index (Phi) is 10.2. The van der Waals surface area contributed by atoms with Gasteiger partial charge in [-0.25, -0.2) is 4.79 Å². The molecule has 1 N–H and O–H groups in total. The van der Waals surface area contributed by atoms with Gasteiger partial charge in [-0.3, -0.25) is 4.79 Å². The van der Waals surface area contributed by atoms with Crippen LogP contribution in [0, 0.1) is 0 Å². The van der Waals surface area contributed by atoms with Crippen molar-refractivity contribution in [1.29, 1.82) is 0 Å². The van der Waals surface area contributed by atoms with Crippen molar-refractivity contribution in [2.75, 3.05) is 7.11 Å². The summed E-state index contributed by atoms with van der Waals surface area (Å²) in [5.41, 5.74) is 3.66. The maximum absolute atomic E-state index is 12.0. The van der Waals surface area contributed by atoms with Crippen molar-refractivity contribution in [2.24, 2.45) is 0 Å². The Labute approximate surface area is 151 Å². The highest BCUT2D eigenvalue weighted by molar-refractivity contribution is 6.03. The largest absolute Gasteiger partial charge is 0.465 e. The SMILES string of the molecule is CC.CC.CC/C=C(/C)c1cc2cc(C(C)=O)[nH]c2cc1C(=O)OC. The highest BCUT2D eigenvalue weighted by atomic mass is 16.5. The Bertz CT molecular complexity index is 739. The summed E-state index contributed by atoms with van der Waals surface area (Å²) in [6, 6.07) is 5.48. The first kappa shape index (κ1) is 22.6. The molecule has 0 spiro atoms. The van der Waals surface area contributed by atoms with Crippen LogP contribution in [0.3, 0.4) is 0 Å². The molecule has 1 heterocycles. The van der Waals surface area contributed by atoms with Gasteiger partial charge in [-0.2, -0.15) is 0 Å². The van der Waals surface area contributed by atoms with Crippen LogP contribution in [0.15, 0.2) is 24.3 Å². The lowest BCUT2D eigenvalue weighted by molar-refractivity contribution is 0.0600. The van der Waals surface area contributed by atoms with Crippen LogP contribution in [0.5, 0.6) is 0 Å². The smallest absolute Gasteiger partial charge is 0.338 e. The number of benzene rings is 1. The molecule has 0 aliphatic heterocycles. The number of hydrogen-bond acceptors (Lipinski definition) is 3. The zero-order chi connectivity index (χ0) is 19.6. The molecule has 0 fully saturated rings. The number of fused-ring (bicyclic) bond motifs is 1. The minimum atomic E-state index is -0.380. The number of methoxy groups -OCH3 is 1. The number of carbonyl (C=O) groups is 2. The van der Waals surface area contributed by atoms with Crippen LogP contribution in [0.1, 0.15) is 81.3 Å². The van der Waals surface area contributed by atoms with Gasteiger partial charge in [-0.1, -0.05) is 40.7 Å². The van der Waals surface area contributed by atoms with E-state index in [-0.39, 0.29) is 11.8 Å². The molecule has 0 aliphatic carbocycles. The van der Waals surface area contributed by atoms with Crippen molar-refractivity contribution in [3.63, 3.8) is 0 Å². The third-order valence-electron chi connectivity index (χ3n) is 3.48. The van der Waals surface area contributed by atoms with Crippen LogP contribution < -0.4 is 0 Å². The number of Topliss-reactive ketones (excluding diaryl/α,β-unsaturated/α-hetero) is 1. The van der Waals surface area contributed by atoms with E-state index in [1.807, 2.05) is 47.6 Å². The number of allylic oxidation sites excluding steroid dienone is 2. The summed E-state index contributed by atoms with van der Waals surface area (Å²) in [7, 11) is 1.37. The Morgan fingerprint density at radius 2 is 1.64 bits per heavy atom. The van der Waals surface area contributed by atoms with Crippen molar-refractivity contribution in [1.82, 2.24) is 4.98 Å². The average molecular weight is 345 g/mol. The summed E-state index contributed by atoms with van der Waals surface area (Å²) in [5.74, 6) is -0.414. The van der Waals surface area contributed by atoms with E-state index in [4.69, 9.17) is 4.74 Å². The Hall–Kier alpha value is -2.36. The number of aromatic nitrogens is 1. The van der Waals surface area contributed by atoms with Gasteiger partial charge in [-0.15, -0.1) is 0 Å². The minimum absolute atomic E-state index is 0.0341. The van der Waals surface area contributed by atoms with Gasteiger partial charge in [0, 0.05) is 17.8 Å². The lowest BCUT2D eigenvalue weighted by atomic mass is 9.98. The number of carbonyl (C=O) groups excluding carboxylic acids is 2. The fourth-order valence-corrected chi connectivity index (χ4v) is 2.39. The number of rotatable bonds is 4. The number of hydrogen-bond donors (Lipinski definition) is 1. The first-order valence-electron chi connectivity index (χ1n) is 8.91. The summed E-state index contributed by atoms with van der Waals surface area (Å²) in [5, 5.41) is 0.909. The van der Waals surface area contributed by atoms with Crippen molar-refractivity contribution in [3.8, 4) is 0 Å². The molecule has 0 saturated heterocycles. The second-order valence-corrected chi connectivity index (χ2v) is 5.01. The van der Waals surface area contributed by atoms with Gasteiger partial charge in [0.25, 0.3) is 0 Å². The molecule has 2 rings (SSSR count). The Balaban J connectivity index is 0.00000134. The first-order chi connectivity index (χ1) is 12.0. The molecule has 25 heavy (non-hydrogen) atoms. The maximum Gasteiger partial charge on any atom is 0.338 e. The molecule has 0 atom stereocenters. The number of esters is 1. The fourth-order valence-electron chi connectivity index (χ4n) is 2.39. The van der Waals surface area contributed by atoms with Crippen molar-refractivity contribution in [3.05, 3.63) is 41.1 Å². The topological polar surface area (TPSA) is 59.2 Å². The summed E-state index contributed by atoms with van der Waals surface area (Å²) in [6.45, 7) is 13.5. The van der Waals surface area contributed by atoms with Gasteiger partial charge in [0.2, 0.25) is 0 Å². The molecule has 0 unspecified atom stereocenters. The zero-order valence-corrected chi connectivity index (χ0v) is 16.7. The number of nitrogens with one attached hydrogen (secondary N) is 1. The Morgan fingerprint density at radius 1 is 1.04 bits per heavy atom. The van der Waals surface area contributed by atoms with Gasteiger partial charge in [0.1, 0.15) is 0 Å². The molecular formula is C21H31NO3. The minimum Gasteiger partial charge on any atom is -0.465 e. The van der Waals surface area contributed by atoms with Gasteiger partial charge in [-0.05, 0) is 42.7 Å². The number of H-pyrrole nitrogens is 1. The van der Waals surface area contributed by atoms with Gasteiger partial charge in [0.15, 0.2) is 5.78 Å². The summed E-state index contributed by atoms with van der Waals surface area (Å²) >= 11 is 0. The van der Waals surface area contributed by atoms with E-state index >= 15 is 0 Å². The molecule has 4 heteroatoms. The highest BCUT2D eigenvalue weighted by Gasteiger charge is 2.16. The maximum atomic E-state index is 12.0. The van der Waals surface area contributed by atoms with E-state index < -0.39 is 0 Å². The molecule has 1 aromatic heterocycles. The van der Waals surface area contributed by atoms with Crippen LogP contribution in [-0.2, 0) is 4.74 Å². The van der Waals surface area contributed by atoms with Crippen molar-refractivity contribution < 1.29 is 14.3 Å². The predicted octanol–water partition coefficient (Wildman–Crippen LogP) is 6.02. The van der Waals surface area contributed by atoms with Crippen LogP contribution in [-0.4, -0.2) is 23.8 Å². The average Bonchev–Trinajstić information content (AvgIpc) is 3.07. The molecular weight excluding hydrogens is 314 g/mol. The van der Waals surface area contributed by atoms with Gasteiger partial charge in [0.05, 0.1) is 18.4 Å². The molecule has 2 aromatic rings. The molecule has 0 aliphatic rings. The summed E-state index contributed by atoms with van der Waals surface area (Å²) < 4.78 is 4.86. The molecule has 0 bridgehead atoms. The van der Waals surface area contributed by atoms with Crippen molar-refractivity contribution in [2.45, 2.75) is 54.9 Å². The number of ketones is 1. The second-order valence-electron chi connectivity index (χ2n) is 5.01. The van der Waals surface area contributed by atoms with Gasteiger partial charge < -0.3 is 9.72 Å². The summed E-state index contributed by atoms with van der Waals surface area (Å²) in [6.07, 6.45) is 2.95. The normalized spacial score (nSPS) is 10.3. The quantitative estimate of drug-likeness (QED) is 0.544. The van der Waals surface area contributed by atoms with Crippen LogP contribution >= 0.6 is 0 Å². The highest BCUT2D eigenvalue weighted by Crippen LogP contribution is 2.27. The Morgan fingerprint density at radius 3 is 2.12 bits per heavy atom. The standard InChI is InChI=1S/C17H19NO3.2C2H6/c1-5-6-10(2)13-7-12-8-15(11(3)19)18-16(12)9-14(13)17(20)21-4;2*1-2/h6-9,18H,5H2,1-4H3;2*1-2H3/b10-6-;;. The molecule has 0 saturated carbocycles. The van der Waals surface area contributed by atoms with Crippen LogP contribution in [0.4, 0.5) is 0 Å². The molecule has 1 aromatic carbocycles. The zero-order valence-electron chi connectivity index (χ0n) is 16.7. The fraction of sp³-hybridized carbons (Fsp3) is 0.429. The van der Waals surface area contributed by atoms with Crippen LogP contribution in [0.25, 0.3) is 16.5 Å². The molecule has 138 valence electrons. The van der Waals surface area contributed by atoms with E-state index in [1.165, 1.54) is 14.0 Å². The van der Waals surface area contributed by atoms with Gasteiger partial charge >= 0.3 is 5.97 Å². The second kappa shape index (κ2) is 11.2. The summed E-state index contributed by atoms with van der Waals surface area (Å²) in [4.78, 5) is 26.5. The third kappa shape index (κ3) is 5.59. The van der Waals surface area contributed by atoms with E-state index in [2.05, 4.69) is 11.1 Å². The monoisotopic (exact) mass is 345 g/mol. The van der Waals surface area contributed by atoms with E-state index in [1.54, 1.807) is 12.1 Å². The number of ether oxygens (including phenoxy) is 1. The van der Waals surface area contributed by atoms with Crippen molar-refractivity contribution >= 4 is 28.2 Å². The molecule has 0 radical (unpaired) electrons.